The third kappa shape index (κ3) is 2.33. The van der Waals surface area contributed by atoms with Crippen molar-refractivity contribution in [3.63, 3.8) is 0 Å². The Morgan fingerprint density at radius 3 is 2.89 bits per heavy atom. The van der Waals surface area contributed by atoms with Crippen molar-refractivity contribution in [2.24, 2.45) is 0 Å². The van der Waals surface area contributed by atoms with Crippen LogP contribution in [0, 0.1) is 11.4 Å². The van der Waals surface area contributed by atoms with Crippen molar-refractivity contribution in [2.45, 2.75) is 13.8 Å². The zero-order chi connectivity index (χ0) is 13.3. The number of carbonyl (C=O) groups is 1. The minimum absolute atomic E-state index is 0.336. The first-order valence-electron chi connectivity index (χ1n) is 5.53. The van der Waals surface area contributed by atoms with E-state index in [0.717, 1.165) is 20.9 Å². The Labute approximate surface area is 118 Å². The maximum absolute atomic E-state index is 11.8. The molecule has 0 unspecified atom stereocenters. The number of benzene rings is 1. The van der Waals surface area contributed by atoms with Crippen molar-refractivity contribution in [1.29, 1.82) is 0 Å². The van der Waals surface area contributed by atoms with Gasteiger partial charge in [0.05, 0.1) is 22.2 Å². The van der Waals surface area contributed by atoms with E-state index in [9.17, 15) is 4.79 Å². The van der Waals surface area contributed by atoms with Crippen LogP contribution in [0.5, 0.6) is 0 Å². The highest BCUT2D eigenvalue weighted by Gasteiger charge is 2.12. The first-order chi connectivity index (χ1) is 8.54. The summed E-state index contributed by atoms with van der Waals surface area (Å²) in [6.45, 7) is 4.09. The summed E-state index contributed by atoms with van der Waals surface area (Å²) in [5, 5.41) is 0.849. The molecule has 0 amide bonds. The number of fused-ring (bicyclic) bond motifs is 1. The molecule has 0 saturated carbocycles. The minimum Gasteiger partial charge on any atom is -0.462 e. The van der Waals surface area contributed by atoms with E-state index in [1.165, 1.54) is 0 Å². The van der Waals surface area contributed by atoms with Crippen LogP contribution in [0.3, 0.4) is 0 Å². The average molecular weight is 326 g/mol. The predicted molar refractivity (Wildman–Crippen MR) is 77.5 cm³/mol. The molecule has 3 nitrogen and oxygen atoms in total. The van der Waals surface area contributed by atoms with Crippen LogP contribution in [-0.4, -0.2) is 17.6 Å². The van der Waals surface area contributed by atoms with Gasteiger partial charge < -0.3 is 9.72 Å². The number of hydrogen-bond donors (Lipinski definition) is 1. The van der Waals surface area contributed by atoms with Gasteiger partial charge in [-0.1, -0.05) is 12.2 Å². The topological polar surface area (TPSA) is 42.1 Å². The lowest BCUT2D eigenvalue weighted by Crippen LogP contribution is -2.06. The number of rotatable bonds is 2. The number of nitrogens with one attached hydrogen (secondary N) is 1. The largest absolute Gasteiger partial charge is 0.462 e. The van der Waals surface area contributed by atoms with Crippen LogP contribution in [-0.2, 0) is 4.74 Å². The Bertz CT molecular complexity index is 678. The molecule has 2 aromatic rings. The van der Waals surface area contributed by atoms with E-state index in [0.29, 0.717) is 16.7 Å². The van der Waals surface area contributed by atoms with Gasteiger partial charge in [-0.15, -0.1) is 0 Å². The highest BCUT2D eigenvalue weighted by Crippen LogP contribution is 2.26. The lowest BCUT2D eigenvalue weighted by Gasteiger charge is -2.07. The van der Waals surface area contributed by atoms with Crippen molar-refractivity contribution < 1.29 is 9.53 Å². The third-order valence-electron chi connectivity index (χ3n) is 2.58. The fourth-order valence-electron chi connectivity index (χ4n) is 1.78. The molecule has 18 heavy (non-hydrogen) atoms. The van der Waals surface area contributed by atoms with E-state index in [4.69, 9.17) is 17.0 Å². The molecule has 0 aliphatic heterocycles. The normalized spacial score (nSPS) is 10.6. The molecular formula is C13H12BrNO2S. The van der Waals surface area contributed by atoms with Gasteiger partial charge in [0.15, 0.2) is 0 Å². The van der Waals surface area contributed by atoms with Gasteiger partial charge in [-0.3, -0.25) is 0 Å². The Balaban J connectivity index is 2.71. The maximum Gasteiger partial charge on any atom is 0.341 e. The number of aryl methyl sites for hydroxylation is 1. The lowest BCUT2D eigenvalue weighted by molar-refractivity contribution is 0.0525. The number of halogens is 1. The Kier molecular flexibility index (Phi) is 3.82. The quantitative estimate of drug-likeness (QED) is 0.666. The highest BCUT2D eigenvalue weighted by molar-refractivity contribution is 9.10. The Hall–Kier alpha value is -1.20. The molecule has 0 atom stereocenters. The number of pyridine rings is 1. The van der Waals surface area contributed by atoms with Crippen LogP contribution in [0.2, 0.25) is 0 Å². The average Bonchev–Trinajstić information content (AvgIpc) is 2.30. The molecule has 0 aliphatic rings. The van der Waals surface area contributed by atoms with Crippen LogP contribution < -0.4 is 0 Å². The van der Waals surface area contributed by atoms with Crippen LogP contribution in [0.15, 0.2) is 22.8 Å². The molecule has 1 N–H and O–H groups in total. The van der Waals surface area contributed by atoms with Gasteiger partial charge in [0, 0.05) is 16.1 Å². The van der Waals surface area contributed by atoms with Crippen molar-refractivity contribution in [1.82, 2.24) is 4.98 Å². The third-order valence-corrected chi connectivity index (χ3v) is 3.65. The van der Waals surface area contributed by atoms with Gasteiger partial charge in [-0.25, -0.2) is 4.79 Å². The van der Waals surface area contributed by atoms with Crippen molar-refractivity contribution in [2.75, 3.05) is 6.61 Å². The standard InChI is InChI=1S/C13H12BrNO2S/c1-3-17-13(16)9-6-15-11-8(12(9)18)4-7(2)5-10(11)14/h4-6H,3H2,1-2H3,(H,15,18). The van der Waals surface area contributed by atoms with Crippen molar-refractivity contribution in [3.8, 4) is 0 Å². The summed E-state index contributed by atoms with van der Waals surface area (Å²) in [5.41, 5.74) is 2.37. The summed E-state index contributed by atoms with van der Waals surface area (Å²) >= 11 is 8.84. The number of H-pyrrole nitrogens is 1. The molecule has 5 heteroatoms. The number of aromatic nitrogens is 1. The summed E-state index contributed by atoms with van der Waals surface area (Å²) in [6, 6.07) is 3.96. The Morgan fingerprint density at radius 2 is 2.22 bits per heavy atom. The maximum atomic E-state index is 11.8. The van der Waals surface area contributed by atoms with Crippen LogP contribution >= 0.6 is 28.1 Å². The predicted octanol–water partition coefficient (Wildman–Crippen LogP) is 4.15. The van der Waals surface area contributed by atoms with Gasteiger partial charge in [0.1, 0.15) is 0 Å². The monoisotopic (exact) mass is 325 g/mol. The number of esters is 1. The molecule has 1 aromatic carbocycles. The summed E-state index contributed by atoms with van der Waals surface area (Å²) in [5.74, 6) is -0.390. The molecule has 0 saturated heterocycles. The summed E-state index contributed by atoms with van der Waals surface area (Å²) < 4.78 is 6.43. The SMILES string of the molecule is CCOC(=O)c1c[nH]c2c(Br)cc(C)cc2c1=S. The van der Waals surface area contributed by atoms with E-state index >= 15 is 0 Å². The van der Waals surface area contributed by atoms with Gasteiger partial charge in [0.25, 0.3) is 0 Å². The first kappa shape index (κ1) is 13.2. The molecule has 2 rings (SSSR count). The fraction of sp³-hybridized carbons (Fsp3) is 0.231. The van der Waals surface area contributed by atoms with E-state index in [-0.39, 0.29) is 0 Å². The number of hydrogen-bond acceptors (Lipinski definition) is 3. The zero-order valence-corrected chi connectivity index (χ0v) is 12.4. The zero-order valence-electron chi connectivity index (χ0n) is 10.0. The molecule has 0 fully saturated rings. The Morgan fingerprint density at radius 1 is 1.50 bits per heavy atom. The van der Waals surface area contributed by atoms with E-state index in [2.05, 4.69) is 20.9 Å². The van der Waals surface area contributed by atoms with Crippen molar-refractivity contribution in [3.05, 3.63) is 38.4 Å². The van der Waals surface area contributed by atoms with Crippen LogP contribution in [0.25, 0.3) is 10.9 Å². The van der Waals surface area contributed by atoms with Gasteiger partial charge in [0.2, 0.25) is 0 Å². The molecule has 0 bridgehead atoms. The second-order valence-electron chi connectivity index (χ2n) is 3.92. The molecular weight excluding hydrogens is 314 g/mol. The van der Waals surface area contributed by atoms with Crippen LogP contribution in [0.1, 0.15) is 22.8 Å². The van der Waals surface area contributed by atoms with Gasteiger partial charge in [-0.05, 0) is 47.5 Å². The number of aromatic amines is 1. The summed E-state index contributed by atoms with van der Waals surface area (Å²) in [4.78, 5) is 14.8. The van der Waals surface area contributed by atoms with Gasteiger partial charge >= 0.3 is 5.97 Å². The molecule has 0 aliphatic carbocycles. The highest BCUT2D eigenvalue weighted by atomic mass is 79.9. The molecule has 0 radical (unpaired) electrons. The smallest absolute Gasteiger partial charge is 0.341 e. The second kappa shape index (κ2) is 5.20. The summed E-state index contributed by atoms with van der Waals surface area (Å²) in [7, 11) is 0. The first-order valence-corrected chi connectivity index (χ1v) is 6.73. The minimum atomic E-state index is -0.390. The van der Waals surface area contributed by atoms with E-state index in [1.54, 1.807) is 13.1 Å². The second-order valence-corrected chi connectivity index (χ2v) is 5.18. The fourth-order valence-corrected chi connectivity index (χ4v) is 2.78. The van der Waals surface area contributed by atoms with Crippen molar-refractivity contribution >= 4 is 45.0 Å². The number of ether oxygens (including phenoxy) is 1. The molecule has 0 spiro atoms. The molecule has 1 aromatic heterocycles. The number of carbonyl (C=O) groups excluding carboxylic acids is 1. The lowest BCUT2D eigenvalue weighted by atomic mass is 10.1. The van der Waals surface area contributed by atoms with Crippen LogP contribution in [0.4, 0.5) is 0 Å². The van der Waals surface area contributed by atoms with Gasteiger partial charge in [-0.2, -0.15) is 0 Å². The molecule has 1 heterocycles. The van der Waals surface area contributed by atoms with E-state index < -0.39 is 5.97 Å². The summed E-state index contributed by atoms with van der Waals surface area (Å²) in [6.07, 6.45) is 1.60. The molecule has 94 valence electrons. The van der Waals surface area contributed by atoms with E-state index in [1.807, 2.05) is 19.1 Å².